The molecule has 11 aromatic carbocycles. The molecule has 15 rings (SSSR count). The normalized spacial score (nSPS) is 13.8. The number of para-hydroxylation sites is 3. The van der Waals surface area contributed by atoms with Crippen LogP contribution in [0.3, 0.4) is 0 Å². The van der Waals surface area contributed by atoms with Gasteiger partial charge in [-0.3, -0.25) is 8.97 Å². The highest BCUT2D eigenvalue weighted by molar-refractivity contribution is 6.26. The third-order valence-electron chi connectivity index (χ3n) is 16.0. The van der Waals surface area contributed by atoms with Crippen LogP contribution < -0.4 is 4.74 Å². The average Bonchev–Trinajstić information content (AvgIpc) is 1.54. The molecule has 4 aromatic heterocycles. The number of ether oxygens (including phenoxy) is 1. The molecular formula is C77H56N4O. The van der Waals surface area contributed by atoms with Gasteiger partial charge in [0.25, 0.3) is 0 Å². The van der Waals surface area contributed by atoms with Crippen molar-refractivity contribution in [3.8, 4) is 33.8 Å². The van der Waals surface area contributed by atoms with Gasteiger partial charge in [0.1, 0.15) is 23.5 Å². The Morgan fingerprint density at radius 2 is 0.890 bits per heavy atom. The van der Waals surface area contributed by atoms with Gasteiger partial charge in [0.05, 0.1) is 41.5 Å². The van der Waals surface area contributed by atoms with E-state index in [9.17, 15) is 5.48 Å². The number of pyridine rings is 1. The van der Waals surface area contributed by atoms with E-state index in [1.807, 2.05) is 78.4 Å². The van der Waals surface area contributed by atoms with Crippen LogP contribution in [-0.4, -0.2) is 20.3 Å². The SMILES string of the molecule is [2H]c1c([2H])c([2H])c(-c2cccc(-c3c([2H])c([2H])c([2H])c([2H])c3[2H])c2N=Cn2c3cc(Oc4ccc5c6cccc7c8ccccc8c8ccccc8c8c(C(C)(C)C)ccnc8n(c5c4)c76)ccc3c3ccccc3c3ccccc3c3cccc(C)c32)c([2H])c1[2H]. The first kappa shape index (κ1) is 39.1. The maximum Gasteiger partial charge on any atom is 0.145 e. The van der Waals surface area contributed by atoms with E-state index in [1.165, 1.54) is 0 Å². The first-order chi connectivity index (χ1) is 44.4. The van der Waals surface area contributed by atoms with Crippen LogP contribution in [0.25, 0.3) is 125 Å². The summed E-state index contributed by atoms with van der Waals surface area (Å²) in [5.41, 5.74) is 5.58. The minimum Gasteiger partial charge on any atom is -0.457 e. The summed E-state index contributed by atoms with van der Waals surface area (Å²) in [5.74, 6) is 1.03. The minimum atomic E-state index is -0.587. The van der Waals surface area contributed by atoms with Gasteiger partial charge < -0.3 is 4.74 Å². The standard InChI is InChI=1S/C77H56N4O/c1-49-22-19-37-66-61-32-15-12-28-57(61)56-27-11-14-30-59(56)63-42-40-52(46-70(63)80(74(49)66)48-79-73-54(50-23-7-5-8-24-50)35-20-36-55(73)51-25-9-6-10-26-51)82-53-41-43-64-68-39-21-38-67-62-33-16-13-29-58(62)60-31-17-18-34-65(60)72-69(77(2,3)4)44-45-78-76(72)81(75(67)68)71(64)47-53/h5-48H,1-4H3/i5D,6D,7D,8D,9D,10D,23D,24D,25D,26D. The molecule has 0 aliphatic carbocycles. The summed E-state index contributed by atoms with van der Waals surface area (Å²) in [5, 5.41) is 14.0. The zero-order chi connectivity index (χ0) is 63.8. The van der Waals surface area contributed by atoms with E-state index in [-0.39, 0.29) is 33.4 Å². The summed E-state index contributed by atoms with van der Waals surface area (Å²) in [6.07, 6.45) is 3.53. The number of aromatic nitrogens is 3. The van der Waals surface area contributed by atoms with Crippen LogP contribution in [0.1, 0.15) is 45.6 Å². The number of hydrogen-bond donors (Lipinski definition) is 0. The Morgan fingerprint density at radius 1 is 0.451 bits per heavy atom. The van der Waals surface area contributed by atoms with Crippen molar-refractivity contribution in [2.45, 2.75) is 33.1 Å². The molecular weight excluding hydrogens is 997 g/mol. The van der Waals surface area contributed by atoms with Crippen molar-refractivity contribution in [1.82, 2.24) is 14.0 Å². The first-order valence-electron chi connectivity index (χ1n) is 32.4. The number of fused-ring (bicyclic) bond motifs is 17. The summed E-state index contributed by atoms with van der Waals surface area (Å²) in [4.78, 5) is 10.7. The Kier molecular flexibility index (Phi) is 9.28. The summed E-state index contributed by atoms with van der Waals surface area (Å²) in [6.45, 7) is 8.75. The lowest BCUT2D eigenvalue weighted by atomic mass is 9.84. The van der Waals surface area contributed by atoms with Gasteiger partial charge in [-0.15, -0.1) is 0 Å². The molecule has 0 saturated heterocycles. The van der Waals surface area contributed by atoms with Crippen LogP contribution in [0, 0.1) is 6.92 Å². The van der Waals surface area contributed by atoms with E-state index >= 15 is 0 Å². The largest absolute Gasteiger partial charge is 0.457 e. The Labute approximate surface area is 489 Å². The van der Waals surface area contributed by atoms with E-state index in [1.54, 1.807) is 24.5 Å². The Balaban J connectivity index is 1.05. The second-order valence-electron chi connectivity index (χ2n) is 21.8. The van der Waals surface area contributed by atoms with Crippen molar-refractivity contribution in [2.75, 3.05) is 0 Å². The number of benzene rings is 11. The monoisotopic (exact) mass is 1060 g/mol. The maximum atomic E-state index is 9.25. The molecule has 0 aliphatic heterocycles. The van der Waals surface area contributed by atoms with Gasteiger partial charge in [-0.05, 0) is 108 Å². The van der Waals surface area contributed by atoms with Crippen molar-refractivity contribution in [1.29, 1.82) is 0 Å². The lowest BCUT2D eigenvalue weighted by Gasteiger charge is -2.21. The second-order valence-corrected chi connectivity index (χ2v) is 21.8. The summed E-state index contributed by atoms with van der Waals surface area (Å²) in [6, 6.07) is 59.9. The van der Waals surface area contributed by atoms with Crippen LogP contribution in [-0.2, 0) is 5.41 Å². The van der Waals surface area contributed by atoms with Crippen molar-refractivity contribution in [2.24, 2.45) is 4.99 Å². The van der Waals surface area contributed by atoms with Crippen molar-refractivity contribution in [3.05, 3.63) is 272 Å². The first-order valence-corrected chi connectivity index (χ1v) is 27.4. The van der Waals surface area contributed by atoms with E-state index in [0.717, 1.165) is 109 Å². The van der Waals surface area contributed by atoms with Gasteiger partial charge in [-0.2, -0.15) is 0 Å². The quantitative estimate of drug-likeness (QED) is 0.123. The highest BCUT2D eigenvalue weighted by Crippen LogP contribution is 2.44. The van der Waals surface area contributed by atoms with Crippen LogP contribution in [0.15, 0.2) is 266 Å². The molecule has 0 aliphatic rings. The predicted molar refractivity (Wildman–Crippen MR) is 348 cm³/mol. The zero-order valence-corrected chi connectivity index (χ0v) is 45.3. The molecule has 82 heavy (non-hydrogen) atoms. The second kappa shape index (κ2) is 19.5. The van der Waals surface area contributed by atoms with Gasteiger partial charge in [0.2, 0.25) is 0 Å². The summed E-state index contributed by atoms with van der Waals surface area (Å²) < 4.78 is 101. The highest BCUT2D eigenvalue weighted by Gasteiger charge is 2.23. The number of hydrogen-bond acceptors (Lipinski definition) is 3. The van der Waals surface area contributed by atoms with E-state index in [2.05, 4.69) is 140 Å². The van der Waals surface area contributed by atoms with E-state index in [0.29, 0.717) is 17.0 Å². The van der Waals surface area contributed by atoms with E-state index in [4.69, 9.17) is 22.9 Å². The molecule has 0 saturated carbocycles. The van der Waals surface area contributed by atoms with Crippen molar-refractivity contribution < 1.29 is 18.4 Å². The third-order valence-corrected chi connectivity index (χ3v) is 16.0. The fourth-order valence-corrected chi connectivity index (χ4v) is 12.4. The Bertz CT molecular complexity index is 5740. The van der Waals surface area contributed by atoms with Gasteiger partial charge in [0, 0.05) is 61.8 Å². The topological polar surface area (TPSA) is 43.8 Å². The Morgan fingerprint density at radius 3 is 1.45 bits per heavy atom. The molecule has 5 heteroatoms. The molecule has 0 amide bonds. The molecule has 0 fully saturated rings. The zero-order valence-electron chi connectivity index (χ0n) is 55.3. The molecule has 390 valence electrons. The van der Waals surface area contributed by atoms with Crippen molar-refractivity contribution in [3.63, 3.8) is 0 Å². The third kappa shape index (κ3) is 7.99. The van der Waals surface area contributed by atoms with Gasteiger partial charge in [0.15, 0.2) is 0 Å². The molecule has 15 aromatic rings. The van der Waals surface area contributed by atoms with Crippen molar-refractivity contribution >= 4 is 115 Å². The fraction of sp³-hybridized carbons (Fsp3) is 0.0649. The number of rotatable bonds is 6. The summed E-state index contributed by atoms with van der Waals surface area (Å²) >= 11 is 0. The molecule has 0 unspecified atom stereocenters. The number of aryl methyl sites for hydroxylation is 1. The molecule has 0 radical (unpaired) electrons. The van der Waals surface area contributed by atoms with Crippen LogP contribution in [0.4, 0.5) is 5.69 Å². The molecule has 0 bridgehead atoms. The predicted octanol–water partition coefficient (Wildman–Crippen LogP) is 21.1. The Hall–Kier alpha value is -10.4. The smallest absolute Gasteiger partial charge is 0.145 e. The molecule has 4 heterocycles. The molecule has 0 spiro atoms. The lowest BCUT2D eigenvalue weighted by molar-refractivity contribution is 0.484. The minimum absolute atomic E-state index is 0.00537. The fourth-order valence-electron chi connectivity index (χ4n) is 12.4. The number of nitrogens with zero attached hydrogens (tertiary/aromatic N) is 4. The van der Waals surface area contributed by atoms with Gasteiger partial charge in [-0.25, -0.2) is 9.98 Å². The number of aliphatic imine (C=N–C) groups is 1. The average molecular weight is 1060 g/mol. The molecule has 0 atom stereocenters. The van der Waals surface area contributed by atoms with Crippen LogP contribution in [0.2, 0.25) is 0 Å². The molecule has 0 N–H and O–H groups in total. The summed E-state index contributed by atoms with van der Waals surface area (Å²) in [7, 11) is 0. The van der Waals surface area contributed by atoms with E-state index < -0.39 is 60.4 Å². The lowest BCUT2D eigenvalue weighted by Crippen LogP contribution is -2.12. The van der Waals surface area contributed by atoms with Crippen LogP contribution >= 0.6 is 0 Å². The van der Waals surface area contributed by atoms with Crippen LogP contribution in [0.5, 0.6) is 11.5 Å². The molecule has 5 nitrogen and oxygen atoms in total. The highest BCUT2D eigenvalue weighted by atomic mass is 16.5. The van der Waals surface area contributed by atoms with Gasteiger partial charge in [-0.1, -0.05) is 233 Å². The van der Waals surface area contributed by atoms with Gasteiger partial charge >= 0.3 is 0 Å². The maximum absolute atomic E-state index is 9.25.